The number of benzene rings is 3. The Hall–Kier alpha value is -2.94. The van der Waals surface area contributed by atoms with Gasteiger partial charge in [-0.15, -0.1) is 0 Å². The van der Waals surface area contributed by atoms with Gasteiger partial charge in [-0.3, -0.25) is 0 Å². The number of hydrogen-bond acceptors (Lipinski definition) is 3. The predicted octanol–water partition coefficient (Wildman–Crippen LogP) is 12.3. The molecule has 0 aromatic heterocycles. The topological polar surface area (TPSA) is 27.7 Å². The molecular formula is C43H64O3. The molecule has 0 spiro atoms. The first-order valence-corrected chi connectivity index (χ1v) is 17.0. The molecule has 46 heavy (non-hydrogen) atoms. The van der Waals surface area contributed by atoms with Gasteiger partial charge in [-0.1, -0.05) is 161 Å². The van der Waals surface area contributed by atoms with Crippen molar-refractivity contribution in [3.63, 3.8) is 0 Å². The van der Waals surface area contributed by atoms with E-state index in [-0.39, 0.29) is 32.5 Å². The molecule has 3 aromatic rings. The van der Waals surface area contributed by atoms with Gasteiger partial charge in [0.2, 0.25) is 0 Å². The van der Waals surface area contributed by atoms with E-state index in [1.807, 2.05) is 0 Å². The monoisotopic (exact) mass is 628 g/mol. The van der Waals surface area contributed by atoms with Gasteiger partial charge in [-0.2, -0.15) is 0 Å². The lowest BCUT2D eigenvalue weighted by Crippen LogP contribution is -2.34. The second kappa shape index (κ2) is 12.6. The first-order valence-electron chi connectivity index (χ1n) is 17.0. The van der Waals surface area contributed by atoms with E-state index in [2.05, 4.69) is 179 Å². The molecule has 3 rings (SSSR count). The van der Waals surface area contributed by atoms with Crippen LogP contribution in [0.5, 0.6) is 17.2 Å². The molecule has 254 valence electrons. The van der Waals surface area contributed by atoms with E-state index in [0.29, 0.717) is 0 Å². The van der Waals surface area contributed by atoms with Gasteiger partial charge < -0.3 is 14.2 Å². The fourth-order valence-electron chi connectivity index (χ4n) is 5.44. The average molecular weight is 629 g/mol. The highest BCUT2D eigenvalue weighted by Crippen LogP contribution is 2.41. The Morgan fingerprint density at radius 3 is 0.717 bits per heavy atom. The largest absolute Gasteiger partial charge is 0.423 e. The Morgan fingerprint density at radius 1 is 0.326 bits per heavy atom. The van der Waals surface area contributed by atoms with Crippen LogP contribution >= 0.6 is 0 Å². The van der Waals surface area contributed by atoms with Crippen LogP contribution in [0.25, 0.3) is 0 Å². The third-order valence-corrected chi connectivity index (χ3v) is 8.63. The molecule has 0 radical (unpaired) electrons. The highest BCUT2D eigenvalue weighted by Gasteiger charge is 2.31. The van der Waals surface area contributed by atoms with Crippen LogP contribution in [0.2, 0.25) is 0 Å². The Kier molecular flexibility index (Phi) is 10.3. The van der Waals surface area contributed by atoms with Crippen molar-refractivity contribution in [3.05, 3.63) is 88.0 Å². The molecule has 0 saturated carbocycles. The lowest BCUT2D eigenvalue weighted by Gasteiger charge is -2.32. The molecule has 3 heteroatoms. The quantitative estimate of drug-likeness (QED) is 0.254. The molecular weight excluding hydrogens is 564 g/mol. The van der Waals surface area contributed by atoms with Gasteiger partial charge in [-0.25, -0.2) is 0 Å². The summed E-state index contributed by atoms with van der Waals surface area (Å²) in [7, 11) is 0. The summed E-state index contributed by atoms with van der Waals surface area (Å²) >= 11 is 0. The third kappa shape index (κ3) is 9.33. The molecule has 0 aliphatic heterocycles. The number of ether oxygens (including phenoxy) is 3. The molecule has 0 heterocycles. The van der Waals surface area contributed by atoms with Crippen LogP contribution in [-0.4, -0.2) is 6.48 Å². The Labute approximate surface area is 282 Å². The van der Waals surface area contributed by atoms with Crippen molar-refractivity contribution in [2.24, 2.45) is 0 Å². The molecule has 0 unspecified atom stereocenters. The minimum absolute atomic E-state index is 0.0117. The van der Waals surface area contributed by atoms with Crippen molar-refractivity contribution in [1.29, 1.82) is 0 Å². The maximum absolute atomic E-state index is 6.83. The molecule has 0 N–H and O–H groups in total. The zero-order valence-corrected chi connectivity index (χ0v) is 32.5. The van der Waals surface area contributed by atoms with E-state index in [4.69, 9.17) is 14.2 Å². The average Bonchev–Trinajstić information content (AvgIpc) is 2.85. The molecule has 0 saturated heterocycles. The summed E-state index contributed by atoms with van der Waals surface area (Å²) < 4.78 is 20.5. The van der Waals surface area contributed by atoms with E-state index in [1.165, 1.54) is 16.7 Å². The van der Waals surface area contributed by atoms with E-state index >= 15 is 0 Å². The fraction of sp³-hybridized carbons (Fsp3) is 0.581. The summed E-state index contributed by atoms with van der Waals surface area (Å²) in [4.78, 5) is 0. The lowest BCUT2D eigenvalue weighted by atomic mass is 9.80. The van der Waals surface area contributed by atoms with E-state index in [1.54, 1.807) is 0 Å². The van der Waals surface area contributed by atoms with Gasteiger partial charge >= 0.3 is 6.48 Å². The van der Waals surface area contributed by atoms with E-state index in [0.717, 1.165) is 33.9 Å². The van der Waals surface area contributed by atoms with Crippen LogP contribution in [0.15, 0.2) is 54.6 Å². The molecule has 0 atom stereocenters. The Morgan fingerprint density at radius 2 is 0.543 bits per heavy atom. The minimum Gasteiger partial charge on any atom is -0.423 e. The van der Waals surface area contributed by atoms with Crippen LogP contribution in [0.4, 0.5) is 0 Å². The van der Waals surface area contributed by atoms with Crippen molar-refractivity contribution >= 4 is 0 Å². The fourth-order valence-corrected chi connectivity index (χ4v) is 5.44. The Bertz CT molecular complexity index is 1320. The van der Waals surface area contributed by atoms with Gasteiger partial charge in [-0.05, 0) is 67.4 Å². The van der Waals surface area contributed by atoms with Crippen LogP contribution in [0.3, 0.4) is 0 Å². The van der Waals surface area contributed by atoms with Crippen molar-refractivity contribution in [3.8, 4) is 17.2 Å². The maximum Gasteiger partial charge on any atom is 0.406 e. The van der Waals surface area contributed by atoms with Crippen LogP contribution in [-0.2, 0) is 32.5 Å². The zero-order valence-electron chi connectivity index (χ0n) is 32.5. The smallest absolute Gasteiger partial charge is 0.406 e. The first-order chi connectivity index (χ1) is 20.6. The lowest BCUT2D eigenvalue weighted by molar-refractivity contribution is -0.142. The molecule has 0 fully saturated rings. The first kappa shape index (κ1) is 37.5. The second-order valence-corrected chi connectivity index (χ2v) is 19.3. The predicted molar refractivity (Wildman–Crippen MR) is 197 cm³/mol. The highest BCUT2D eigenvalue weighted by atomic mass is 16.8. The molecule has 3 aromatic carbocycles. The molecule has 0 bridgehead atoms. The van der Waals surface area contributed by atoms with Gasteiger partial charge in [0, 0.05) is 16.7 Å². The summed E-state index contributed by atoms with van der Waals surface area (Å²) in [6.45, 7) is 39.2. The summed E-state index contributed by atoms with van der Waals surface area (Å²) in [5.41, 5.74) is 6.73. The summed E-state index contributed by atoms with van der Waals surface area (Å²) in [6.07, 6.45) is 0. The molecule has 0 amide bonds. The molecule has 0 aliphatic rings. The number of rotatable bonds is 6. The number of hydrogen-bond donors (Lipinski definition) is 0. The van der Waals surface area contributed by atoms with Crippen molar-refractivity contribution in [2.45, 2.75) is 164 Å². The van der Waals surface area contributed by atoms with Gasteiger partial charge in [0.25, 0.3) is 0 Å². The van der Waals surface area contributed by atoms with Crippen molar-refractivity contribution in [1.82, 2.24) is 0 Å². The standard InChI is InChI=1S/C43H64O3/c1-38(2,3)28-19-22-34(31(25-28)41(10,11)12)44-37(45-35-23-20-29(39(4,5)6)26-32(35)42(13,14)15)46-36-24-21-30(40(7,8)9)27-33(36)43(16,17)18/h19-27,37H,1-18H3. The molecule has 3 nitrogen and oxygen atoms in total. The van der Waals surface area contributed by atoms with Crippen LogP contribution in [0.1, 0.15) is 158 Å². The van der Waals surface area contributed by atoms with Crippen molar-refractivity contribution < 1.29 is 14.2 Å². The van der Waals surface area contributed by atoms with Crippen LogP contribution in [0, 0.1) is 0 Å². The van der Waals surface area contributed by atoms with Gasteiger partial charge in [0.1, 0.15) is 17.2 Å². The third-order valence-electron chi connectivity index (χ3n) is 8.63. The van der Waals surface area contributed by atoms with E-state index in [9.17, 15) is 0 Å². The highest BCUT2D eigenvalue weighted by molar-refractivity contribution is 5.47. The normalized spacial score (nSPS) is 13.6. The summed E-state index contributed by atoms with van der Waals surface area (Å²) in [6, 6.07) is 19.6. The summed E-state index contributed by atoms with van der Waals surface area (Å²) in [5, 5.41) is 0. The van der Waals surface area contributed by atoms with E-state index < -0.39 is 6.48 Å². The minimum atomic E-state index is -1.02. The van der Waals surface area contributed by atoms with Gasteiger partial charge in [0.15, 0.2) is 0 Å². The SMILES string of the molecule is CC(C)(C)c1ccc(OC(Oc2ccc(C(C)(C)C)cc2C(C)(C)C)Oc2ccc(C(C)(C)C)cc2C(C)(C)C)c(C(C)(C)C)c1. The zero-order chi connectivity index (χ0) is 35.3. The van der Waals surface area contributed by atoms with Gasteiger partial charge in [0.05, 0.1) is 0 Å². The Balaban J connectivity index is 2.24. The maximum atomic E-state index is 6.83. The summed E-state index contributed by atoms with van der Waals surface area (Å²) in [5.74, 6) is 2.29. The van der Waals surface area contributed by atoms with Crippen molar-refractivity contribution in [2.75, 3.05) is 0 Å². The molecule has 0 aliphatic carbocycles. The second-order valence-electron chi connectivity index (χ2n) is 19.3. The van der Waals surface area contributed by atoms with Crippen LogP contribution < -0.4 is 14.2 Å².